The van der Waals surface area contributed by atoms with Gasteiger partial charge in [-0.2, -0.15) is 0 Å². The van der Waals surface area contributed by atoms with Gasteiger partial charge in [-0.3, -0.25) is 0 Å². The summed E-state index contributed by atoms with van der Waals surface area (Å²) in [6.45, 7) is 2.95. The van der Waals surface area contributed by atoms with Crippen molar-refractivity contribution in [2.75, 3.05) is 18.1 Å². The maximum Gasteiger partial charge on any atom is 0.0781 e. The molecule has 18 heavy (non-hydrogen) atoms. The van der Waals surface area contributed by atoms with Crippen molar-refractivity contribution in [2.24, 2.45) is 0 Å². The lowest BCUT2D eigenvalue weighted by Gasteiger charge is -2.33. The highest BCUT2D eigenvalue weighted by molar-refractivity contribution is 5.55. The predicted octanol–water partition coefficient (Wildman–Crippen LogP) is 2.48. The summed E-state index contributed by atoms with van der Waals surface area (Å²) in [4.78, 5) is 2.27. The van der Waals surface area contributed by atoms with Crippen LogP contribution in [0.2, 0.25) is 0 Å². The second kappa shape index (κ2) is 6.21. The Bertz CT molecular complexity index is 379. The van der Waals surface area contributed by atoms with Crippen molar-refractivity contribution in [1.29, 1.82) is 0 Å². The van der Waals surface area contributed by atoms with E-state index in [-0.39, 0.29) is 12.6 Å². The molecule has 0 aliphatic carbocycles. The average Bonchev–Trinajstić information content (AvgIpc) is 2.63. The maximum atomic E-state index is 9.88. The first-order valence-electron chi connectivity index (χ1n) is 6.88. The third kappa shape index (κ3) is 2.85. The highest BCUT2D eigenvalue weighted by Gasteiger charge is 2.23. The lowest BCUT2D eigenvalue weighted by molar-refractivity contribution is 0.199. The molecule has 0 saturated carbocycles. The molecule has 3 heteroatoms. The first kappa shape index (κ1) is 13.4. The second-order valence-electron chi connectivity index (χ2n) is 5.11. The monoisotopic (exact) mass is 249 g/mol. The van der Waals surface area contributed by atoms with E-state index in [0.29, 0.717) is 0 Å². The van der Waals surface area contributed by atoms with Crippen LogP contribution in [0.3, 0.4) is 0 Å². The van der Waals surface area contributed by atoms with Crippen molar-refractivity contribution < 1.29 is 10.2 Å². The standard InChI is InChI=1S/C15H23NO2/c1-12(18)14-8-4-5-9-15(14)16-10-6-2-3-7-13(16)11-17/h4-5,8-9,12-13,17-18H,2-3,6-7,10-11H2,1H3/t12-,13?/m0/s1. The van der Waals surface area contributed by atoms with Crippen LogP contribution in [-0.4, -0.2) is 29.4 Å². The molecule has 1 aliphatic rings. The van der Waals surface area contributed by atoms with Crippen molar-refractivity contribution >= 4 is 5.69 Å². The van der Waals surface area contributed by atoms with E-state index in [1.807, 2.05) is 18.2 Å². The third-order valence-corrected chi connectivity index (χ3v) is 3.78. The normalized spacial score (nSPS) is 22.6. The van der Waals surface area contributed by atoms with Crippen LogP contribution in [0.1, 0.15) is 44.3 Å². The Morgan fingerprint density at radius 2 is 2.06 bits per heavy atom. The van der Waals surface area contributed by atoms with Crippen LogP contribution < -0.4 is 4.90 Å². The Morgan fingerprint density at radius 3 is 2.78 bits per heavy atom. The summed E-state index contributed by atoms with van der Waals surface area (Å²) >= 11 is 0. The molecule has 0 aromatic heterocycles. The van der Waals surface area contributed by atoms with Gasteiger partial charge in [-0.25, -0.2) is 0 Å². The van der Waals surface area contributed by atoms with Gasteiger partial charge in [-0.1, -0.05) is 31.0 Å². The minimum absolute atomic E-state index is 0.187. The van der Waals surface area contributed by atoms with Gasteiger partial charge in [-0.15, -0.1) is 0 Å². The molecule has 1 aromatic rings. The fourth-order valence-corrected chi connectivity index (χ4v) is 2.79. The molecule has 1 fully saturated rings. The molecule has 3 nitrogen and oxygen atoms in total. The molecule has 1 unspecified atom stereocenters. The highest BCUT2D eigenvalue weighted by atomic mass is 16.3. The average molecular weight is 249 g/mol. The minimum atomic E-state index is -0.469. The molecular formula is C15H23NO2. The number of aliphatic hydroxyl groups excluding tert-OH is 2. The summed E-state index contributed by atoms with van der Waals surface area (Å²) in [5.41, 5.74) is 2.03. The summed E-state index contributed by atoms with van der Waals surface area (Å²) in [6.07, 6.45) is 4.13. The van der Waals surface area contributed by atoms with Gasteiger partial charge in [0.15, 0.2) is 0 Å². The number of nitrogens with zero attached hydrogens (tertiary/aromatic N) is 1. The van der Waals surface area contributed by atoms with Gasteiger partial charge in [0.05, 0.1) is 18.8 Å². The van der Waals surface area contributed by atoms with E-state index in [0.717, 1.165) is 30.6 Å². The van der Waals surface area contributed by atoms with E-state index in [2.05, 4.69) is 11.0 Å². The quantitative estimate of drug-likeness (QED) is 0.865. The fraction of sp³-hybridized carbons (Fsp3) is 0.600. The second-order valence-corrected chi connectivity index (χ2v) is 5.11. The topological polar surface area (TPSA) is 43.7 Å². The van der Waals surface area contributed by atoms with Crippen LogP contribution in [-0.2, 0) is 0 Å². The Balaban J connectivity index is 2.32. The molecule has 0 bridgehead atoms. The maximum absolute atomic E-state index is 9.88. The summed E-state index contributed by atoms with van der Waals surface area (Å²) in [5, 5.41) is 19.4. The van der Waals surface area contributed by atoms with Crippen LogP contribution in [0.15, 0.2) is 24.3 Å². The Morgan fingerprint density at radius 1 is 1.28 bits per heavy atom. The zero-order chi connectivity index (χ0) is 13.0. The van der Waals surface area contributed by atoms with Crippen LogP contribution in [0.4, 0.5) is 5.69 Å². The molecule has 1 heterocycles. The van der Waals surface area contributed by atoms with E-state index in [4.69, 9.17) is 0 Å². The Hall–Kier alpha value is -1.06. The number of benzene rings is 1. The SMILES string of the molecule is C[C@H](O)c1ccccc1N1CCCCCC1CO. The minimum Gasteiger partial charge on any atom is -0.394 e. The van der Waals surface area contributed by atoms with E-state index in [9.17, 15) is 10.2 Å². The van der Waals surface area contributed by atoms with E-state index in [1.165, 1.54) is 12.8 Å². The fourth-order valence-electron chi connectivity index (χ4n) is 2.79. The third-order valence-electron chi connectivity index (χ3n) is 3.78. The number of hydrogen-bond donors (Lipinski definition) is 2. The van der Waals surface area contributed by atoms with Crippen LogP contribution >= 0.6 is 0 Å². The van der Waals surface area contributed by atoms with Gasteiger partial charge >= 0.3 is 0 Å². The van der Waals surface area contributed by atoms with Gasteiger partial charge in [0, 0.05) is 17.8 Å². The summed E-state index contributed by atoms with van der Waals surface area (Å²) in [7, 11) is 0. The number of aliphatic hydroxyl groups is 2. The Kier molecular flexibility index (Phi) is 4.61. The van der Waals surface area contributed by atoms with E-state index in [1.54, 1.807) is 6.92 Å². The van der Waals surface area contributed by atoms with Gasteiger partial charge in [-0.05, 0) is 25.8 Å². The van der Waals surface area contributed by atoms with Crippen molar-refractivity contribution in [3.05, 3.63) is 29.8 Å². The smallest absolute Gasteiger partial charge is 0.0781 e. The molecule has 100 valence electrons. The van der Waals surface area contributed by atoms with E-state index < -0.39 is 6.10 Å². The summed E-state index contributed by atoms with van der Waals surface area (Å²) in [5.74, 6) is 0. The first-order chi connectivity index (χ1) is 8.74. The molecule has 0 radical (unpaired) electrons. The van der Waals surface area contributed by atoms with Crippen molar-refractivity contribution in [3.63, 3.8) is 0 Å². The van der Waals surface area contributed by atoms with Gasteiger partial charge < -0.3 is 15.1 Å². The molecule has 1 aromatic carbocycles. The number of anilines is 1. The highest BCUT2D eigenvalue weighted by Crippen LogP contribution is 2.30. The van der Waals surface area contributed by atoms with Crippen LogP contribution in [0, 0.1) is 0 Å². The molecule has 2 N–H and O–H groups in total. The lowest BCUT2D eigenvalue weighted by Crippen LogP contribution is -2.38. The van der Waals surface area contributed by atoms with E-state index >= 15 is 0 Å². The van der Waals surface area contributed by atoms with Crippen molar-refractivity contribution in [3.8, 4) is 0 Å². The predicted molar refractivity (Wildman–Crippen MR) is 73.8 cm³/mol. The molecule has 0 spiro atoms. The molecule has 2 atom stereocenters. The summed E-state index contributed by atoms with van der Waals surface area (Å²) in [6, 6.07) is 8.17. The molecule has 1 aliphatic heterocycles. The van der Waals surface area contributed by atoms with Gasteiger partial charge in [0.2, 0.25) is 0 Å². The van der Waals surface area contributed by atoms with Crippen molar-refractivity contribution in [1.82, 2.24) is 0 Å². The van der Waals surface area contributed by atoms with Crippen LogP contribution in [0.5, 0.6) is 0 Å². The van der Waals surface area contributed by atoms with Gasteiger partial charge in [0.1, 0.15) is 0 Å². The number of para-hydroxylation sites is 1. The zero-order valence-electron chi connectivity index (χ0n) is 11.0. The van der Waals surface area contributed by atoms with Crippen molar-refractivity contribution in [2.45, 2.75) is 44.8 Å². The Labute approximate surface area is 109 Å². The van der Waals surface area contributed by atoms with Crippen LogP contribution in [0.25, 0.3) is 0 Å². The molecular weight excluding hydrogens is 226 g/mol. The lowest BCUT2D eigenvalue weighted by atomic mass is 10.0. The zero-order valence-corrected chi connectivity index (χ0v) is 11.0. The molecule has 2 rings (SSSR count). The molecule has 1 saturated heterocycles. The largest absolute Gasteiger partial charge is 0.394 e. The first-order valence-corrected chi connectivity index (χ1v) is 6.88. The van der Waals surface area contributed by atoms with Gasteiger partial charge in [0.25, 0.3) is 0 Å². The summed E-state index contributed by atoms with van der Waals surface area (Å²) < 4.78 is 0. The number of hydrogen-bond acceptors (Lipinski definition) is 3. The molecule has 0 amide bonds. The number of rotatable bonds is 3.